The van der Waals surface area contributed by atoms with Gasteiger partial charge < -0.3 is 10.2 Å². The Labute approximate surface area is 98.4 Å². The average Bonchev–Trinajstić information content (AvgIpc) is 2.28. The molecule has 0 bridgehead atoms. The van der Waals surface area contributed by atoms with E-state index in [1.807, 2.05) is 11.9 Å². The van der Waals surface area contributed by atoms with Crippen LogP contribution in [0.25, 0.3) is 0 Å². The summed E-state index contributed by atoms with van der Waals surface area (Å²) in [7, 11) is 1.92. The maximum atomic E-state index is 12.6. The van der Waals surface area contributed by atoms with Gasteiger partial charge in [0.1, 0.15) is 0 Å². The Balaban J connectivity index is 2.36. The van der Waals surface area contributed by atoms with Crippen LogP contribution in [0.15, 0.2) is 18.2 Å². The van der Waals surface area contributed by atoms with Gasteiger partial charge in [0.25, 0.3) is 0 Å². The van der Waals surface area contributed by atoms with Crippen molar-refractivity contribution in [1.29, 1.82) is 0 Å². The summed E-state index contributed by atoms with van der Waals surface area (Å²) in [6.07, 6.45) is -3.32. The Kier molecular flexibility index (Phi) is 2.93. The molecule has 2 rings (SSSR count). The number of alkyl halides is 3. The summed E-state index contributed by atoms with van der Waals surface area (Å²) in [5.74, 6) is 0. The summed E-state index contributed by atoms with van der Waals surface area (Å²) in [4.78, 5) is 2.03. The lowest BCUT2D eigenvalue weighted by atomic mass is 10.1. The fourth-order valence-corrected chi connectivity index (χ4v) is 2.14. The molecule has 17 heavy (non-hydrogen) atoms. The molecule has 0 amide bonds. The van der Waals surface area contributed by atoms with E-state index in [-0.39, 0.29) is 0 Å². The third-order valence-corrected chi connectivity index (χ3v) is 3.25. The van der Waals surface area contributed by atoms with Crippen molar-refractivity contribution in [3.63, 3.8) is 0 Å². The van der Waals surface area contributed by atoms with Crippen molar-refractivity contribution in [3.8, 4) is 0 Å². The van der Waals surface area contributed by atoms with Gasteiger partial charge >= 0.3 is 6.18 Å². The summed E-state index contributed by atoms with van der Waals surface area (Å²) in [5.41, 5.74) is 0.787. The van der Waals surface area contributed by atoms with Gasteiger partial charge in [0.05, 0.1) is 16.9 Å². The first kappa shape index (κ1) is 12.1. The van der Waals surface area contributed by atoms with E-state index < -0.39 is 11.7 Å². The predicted molar refractivity (Wildman–Crippen MR) is 62.4 cm³/mol. The van der Waals surface area contributed by atoms with E-state index in [2.05, 4.69) is 12.2 Å². The number of hydrogen-bond donors (Lipinski definition) is 1. The Morgan fingerprint density at radius 3 is 2.71 bits per heavy atom. The lowest BCUT2D eigenvalue weighted by Gasteiger charge is -2.36. The van der Waals surface area contributed by atoms with E-state index in [4.69, 9.17) is 0 Å². The molecule has 0 fully saturated rings. The largest absolute Gasteiger partial charge is 0.416 e. The number of benzene rings is 1. The van der Waals surface area contributed by atoms with Crippen molar-refractivity contribution < 1.29 is 13.2 Å². The fourth-order valence-electron chi connectivity index (χ4n) is 2.14. The molecule has 1 heterocycles. The number of fused-ring (bicyclic) bond motifs is 1. The highest BCUT2D eigenvalue weighted by Gasteiger charge is 2.32. The molecule has 1 atom stereocenters. The van der Waals surface area contributed by atoms with Crippen LogP contribution in [-0.2, 0) is 6.18 Å². The first-order valence-corrected chi connectivity index (χ1v) is 5.61. The zero-order valence-corrected chi connectivity index (χ0v) is 9.80. The van der Waals surface area contributed by atoms with Crippen LogP contribution in [0, 0.1) is 0 Å². The molecule has 0 aliphatic carbocycles. The van der Waals surface area contributed by atoms with Gasteiger partial charge in [-0.05, 0) is 24.6 Å². The predicted octanol–water partition coefficient (Wildman–Crippen LogP) is 3.35. The molecule has 1 unspecified atom stereocenters. The number of rotatable bonds is 1. The molecule has 0 spiro atoms. The van der Waals surface area contributed by atoms with E-state index in [0.29, 0.717) is 18.3 Å². The van der Waals surface area contributed by atoms with Crippen LogP contribution in [-0.4, -0.2) is 19.6 Å². The monoisotopic (exact) mass is 244 g/mol. The highest BCUT2D eigenvalue weighted by molar-refractivity contribution is 5.73. The zero-order valence-electron chi connectivity index (χ0n) is 9.80. The number of hydrogen-bond acceptors (Lipinski definition) is 2. The standard InChI is InChI=1S/C12H15F3N2/c1-3-9-7-16-10-6-8(12(13,14)15)4-5-11(10)17(9)2/h4-6,9,16H,3,7H2,1-2H3. The summed E-state index contributed by atoms with van der Waals surface area (Å²) in [5, 5.41) is 3.06. The first-order chi connectivity index (χ1) is 7.93. The van der Waals surface area contributed by atoms with E-state index in [1.54, 1.807) is 0 Å². The zero-order chi connectivity index (χ0) is 12.6. The van der Waals surface area contributed by atoms with Crippen LogP contribution < -0.4 is 10.2 Å². The highest BCUT2D eigenvalue weighted by Crippen LogP contribution is 2.37. The Morgan fingerprint density at radius 2 is 2.12 bits per heavy atom. The van der Waals surface area contributed by atoms with Gasteiger partial charge in [0.2, 0.25) is 0 Å². The van der Waals surface area contributed by atoms with Gasteiger partial charge in [-0.25, -0.2) is 0 Å². The molecule has 1 aromatic carbocycles. The Morgan fingerprint density at radius 1 is 1.41 bits per heavy atom. The normalized spacial score (nSPS) is 19.8. The molecule has 2 nitrogen and oxygen atoms in total. The quantitative estimate of drug-likeness (QED) is 0.815. The first-order valence-electron chi connectivity index (χ1n) is 5.61. The minimum absolute atomic E-state index is 0.333. The summed E-state index contributed by atoms with van der Waals surface area (Å²) < 4.78 is 37.7. The second kappa shape index (κ2) is 4.13. The lowest BCUT2D eigenvalue weighted by molar-refractivity contribution is -0.137. The van der Waals surface area contributed by atoms with Gasteiger partial charge in [0.15, 0.2) is 0 Å². The SMILES string of the molecule is CCC1CNc2cc(C(F)(F)F)ccc2N1C. The molecule has 94 valence electrons. The number of nitrogens with one attached hydrogen (secondary N) is 1. The third-order valence-electron chi connectivity index (χ3n) is 3.25. The number of nitrogens with zero attached hydrogens (tertiary/aromatic N) is 1. The minimum atomic E-state index is -4.28. The summed E-state index contributed by atoms with van der Waals surface area (Å²) in [6, 6.07) is 4.18. The molecular weight excluding hydrogens is 229 g/mol. The molecule has 1 aromatic rings. The summed E-state index contributed by atoms with van der Waals surface area (Å²) in [6.45, 7) is 2.75. The van der Waals surface area contributed by atoms with Gasteiger partial charge in [-0.2, -0.15) is 13.2 Å². The smallest absolute Gasteiger partial charge is 0.381 e. The second-order valence-electron chi connectivity index (χ2n) is 4.28. The van der Waals surface area contributed by atoms with Crippen LogP contribution in [0.2, 0.25) is 0 Å². The fraction of sp³-hybridized carbons (Fsp3) is 0.500. The van der Waals surface area contributed by atoms with Gasteiger partial charge in [-0.15, -0.1) is 0 Å². The second-order valence-corrected chi connectivity index (χ2v) is 4.28. The Bertz CT molecular complexity index is 415. The van der Waals surface area contributed by atoms with Crippen molar-refractivity contribution >= 4 is 11.4 Å². The maximum absolute atomic E-state index is 12.6. The van der Waals surface area contributed by atoms with E-state index in [9.17, 15) is 13.2 Å². The van der Waals surface area contributed by atoms with Crippen molar-refractivity contribution in [2.45, 2.75) is 25.6 Å². The van der Waals surface area contributed by atoms with E-state index in [0.717, 1.165) is 18.2 Å². The molecule has 1 aliphatic rings. The van der Waals surface area contributed by atoms with Crippen LogP contribution in [0.5, 0.6) is 0 Å². The number of likely N-dealkylation sites (N-methyl/N-ethyl adjacent to an activating group) is 1. The average molecular weight is 244 g/mol. The van der Waals surface area contributed by atoms with Gasteiger partial charge in [0, 0.05) is 19.6 Å². The lowest BCUT2D eigenvalue weighted by Crippen LogP contribution is -2.41. The minimum Gasteiger partial charge on any atom is -0.381 e. The van der Waals surface area contributed by atoms with Crippen molar-refractivity contribution in [3.05, 3.63) is 23.8 Å². The molecule has 0 saturated heterocycles. The Hall–Kier alpha value is -1.39. The van der Waals surface area contributed by atoms with Crippen LogP contribution in [0.3, 0.4) is 0 Å². The molecule has 1 N–H and O–H groups in total. The van der Waals surface area contributed by atoms with Gasteiger partial charge in [-0.3, -0.25) is 0 Å². The van der Waals surface area contributed by atoms with E-state index >= 15 is 0 Å². The summed E-state index contributed by atoms with van der Waals surface area (Å²) >= 11 is 0. The third kappa shape index (κ3) is 2.18. The van der Waals surface area contributed by atoms with Crippen LogP contribution in [0.4, 0.5) is 24.5 Å². The molecule has 0 saturated carbocycles. The topological polar surface area (TPSA) is 15.3 Å². The van der Waals surface area contributed by atoms with Crippen LogP contribution in [0.1, 0.15) is 18.9 Å². The highest BCUT2D eigenvalue weighted by atomic mass is 19.4. The van der Waals surface area contributed by atoms with Crippen molar-refractivity contribution in [1.82, 2.24) is 0 Å². The molecule has 0 radical (unpaired) electrons. The molecule has 5 heteroatoms. The number of anilines is 2. The van der Waals surface area contributed by atoms with E-state index in [1.165, 1.54) is 12.1 Å². The number of halogens is 3. The van der Waals surface area contributed by atoms with Crippen molar-refractivity contribution in [2.24, 2.45) is 0 Å². The maximum Gasteiger partial charge on any atom is 0.416 e. The van der Waals surface area contributed by atoms with Crippen molar-refractivity contribution in [2.75, 3.05) is 23.8 Å². The molecule has 1 aliphatic heterocycles. The van der Waals surface area contributed by atoms with Crippen LogP contribution >= 0.6 is 0 Å². The molecule has 0 aromatic heterocycles. The van der Waals surface area contributed by atoms with Gasteiger partial charge in [-0.1, -0.05) is 6.92 Å². The molecular formula is C12H15F3N2.